The van der Waals surface area contributed by atoms with Crippen LogP contribution in [0.1, 0.15) is 0 Å². The van der Waals surface area contributed by atoms with Gasteiger partial charge in [-0.2, -0.15) is 0 Å². The van der Waals surface area contributed by atoms with Crippen LogP contribution in [0.3, 0.4) is 0 Å². The number of hydrogen-bond acceptors (Lipinski definition) is 3. The molecule has 3 rings (SSSR count). The number of halogens is 2. The smallest absolute Gasteiger partial charge is 0.240 e. The Hall–Kier alpha value is -2.64. The van der Waals surface area contributed by atoms with Crippen molar-refractivity contribution in [1.29, 1.82) is 0 Å². The van der Waals surface area contributed by atoms with Crippen LogP contribution >= 0.6 is 0 Å². The average molecular weight is 346 g/mol. The van der Waals surface area contributed by atoms with E-state index in [1.54, 1.807) is 30.5 Å². The summed E-state index contributed by atoms with van der Waals surface area (Å²) in [5.74, 6) is -1.37. The first kappa shape index (κ1) is 16.2. The molecule has 0 fully saturated rings. The maximum Gasteiger partial charge on any atom is 0.240 e. The van der Waals surface area contributed by atoms with Crippen molar-refractivity contribution in [3.05, 3.63) is 72.4 Å². The number of sulfonamides is 1. The van der Waals surface area contributed by atoms with E-state index in [2.05, 4.69) is 4.98 Å². The molecule has 0 radical (unpaired) electrons. The first-order chi connectivity index (χ1) is 11.4. The second-order valence-corrected chi connectivity index (χ2v) is 6.63. The molecular formula is C17H12F2N2O2S. The molecule has 2 N–H and O–H groups in total. The number of hydrogen-bond donors (Lipinski definition) is 1. The van der Waals surface area contributed by atoms with Crippen LogP contribution in [-0.2, 0) is 10.0 Å². The van der Waals surface area contributed by atoms with Crippen molar-refractivity contribution in [2.45, 2.75) is 4.90 Å². The lowest BCUT2D eigenvalue weighted by Gasteiger charge is -2.10. The lowest BCUT2D eigenvalue weighted by Crippen LogP contribution is -2.13. The standard InChI is InChI=1S/C17H12F2N2O2S/c18-13-4-1-3-12(9-13)17-14(5-2-8-21-17)11-6-7-16(15(19)10-11)24(20,22)23/h1-10H,(H2,20,22,23). The van der Waals surface area contributed by atoms with E-state index < -0.39 is 26.6 Å². The van der Waals surface area contributed by atoms with Crippen LogP contribution in [0.4, 0.5) is 8.78 Å². The number of nitrogens with zero attached hydrogens (tertiary/aromatic N) is 1. The van der Waals surface area contributed by atoms with Crippen LogP contribution in [0.25, 0.3) is 22.4 Å². The second kappa shape index (κ2) is 6.10. The number of primary sulfonamides is 1. The summed E-state index contributed by atoms with van der Waals surface area (Å²) in [6, 6.07) is 12.8. The fourth-order valence-electron chi connectivity index (χ4n) is 2.40. The summed E-state index contributed by atoms with van der Waals surface area (Å²) in [7, 11) is -4.14. The van der Waals surface area contributed by atoms with Gasteiger partial charge in [0.05, 0.1) is 5.69 Å². The molecule has 0 aliphatic heterocycles. The molecule has 3 aromatic rings. The van der Waals surface area contributed by atoms with E-state index in [-0.39, 0.29) is 0 Å². The highest BCUT2D eigenvalue weighted by Crippen LogP contribution is 2.31. The van der Waals surface area contributed by atoms with Crippen LogP contribution in [0, 0.1) is 11.6 Å². The number of pyridine rings is 1. The molecule has 0 saturated carbocycles. The Labute approximate surface area is 137 Å². The summed E-state index contributed by atoms with van der Waals surface area (Å²) in [5.41, 5.74) is 1.94. The molecule has 0 aliphatic rings. The molecular weight excluding hydrogens is 334 g/mol. The molecule has 0 unspecified atom stereocenters. The summed E-state index contributed by atoms with van der Waals surface area (Å²) in [6.07, 6.45) is 1.54. The lowest BCUT2D eigenvalue weighted by molar-refractivity contribution is 0.568. The van der Waals surface area contributed by atoms with E-state index in [0.29, 0.717) is 22.4 Å². The molecule has 1 aromatic heterocycles. The van der Waals surface area contributed by atoms with Crippen LogP contribution in [0.5, 0.6) is 0 Å². The van der Waals surface area contributed by atoms with Gasteiger partial charge in [0.1, 0.15) is 16.5 Å². The van der Waals surface area contributed by atoms with Gasteiger partial charge in [-0.1, -0.05) is 24.3 Å². The zero-order valence-corrected chi connectivity index (χ0v) is 13.1. The fraction of sp³-hybridized carbons (Fsp3) is 0. The van der Waals surface area contributed by atoms with Gasteiger partial charge in [-0.3, -0.25) is 4.98 Å². The Bertz CT molecular complexity index is 1020. The summed E-state index contributed by atoms with van der Waals surface area (Å²) in [6.45, 7) is 0. The first-order valence-electron chi connectivity index (χ1n) is 6.90. The highest BCUT2D eigenvalue weighted by Gasteiger charge is 2.16. The third-order valence-electron chi connectivity index (χ3n) is 3.46. The highest BCUT2D eigenvalue weighted by molar-refractivity contribution is 7.89. The minimum atomic E-state index is -4.14. The van der Waals surface area contributed by atoms with Gasteiger partial charge < -0.3 is 0 Å². The van der Waals surface area contributed by atoms with Gasteiger partial charge in [-0.25, -0.2) is 22.3 Å². The van der Waals surface area contributed by atoms with Crippen LogP contribution in [0.15, 0.2) is 65.7 Å². The van der Waals surface area contributed by atoms with Gasteiger partial charge in [0.2, 0.25) is 10.0 Å². The van der Waals surface area contributed by atoms with Gasteiger partial charge in [0, 0.05) is 17.3 Å². The van der Waals surface area contributed by atoms with Crippen LogP contribution in [-0.4, -0.2) is 13.4 Å². The quantitative estimate of drug-likeness (QED) is 0.790. The summed E-state index contributed by atoms with van der Waals surface area (Å²) in [5, 5.41) is 4.96. The van der Waals surface area contributed by atoms with E-state index >= 15 is 0 Å². The zero-order valence-electron chi connectivity index (χ0n) is 12.3. The van der Waals surface area contributed by atoms with Crippen LogP contribution in [0.2, 0.25) is 0 Å². The zero-order chi connectivity index (χ0) is 17.3. The Balaban J connectivity index is 2.16. The van der Waals surface area contributed by atoms with E-state index in [4.69, 9.17) is 5.14 Å². The van der Waals surface area contributed by atoms with Gasteiger partial charge in [-0.15, -0.1) is 0 Å². The van der Waals surface area contributed by atoms with Gasteiger partial charge in [-0.05, 0) is 35.9 Å². The summed E-state index contributed by atoms with van der Waals surface area (Å²) in [4.78, 5) is 3.65. The predicted octanol–water partition coefficient (Wildman–Crippen LogP) is 3.34. The van der Waals surface area contributed by atoms with Crippen molar-refractivity contribution < 1.29 is 17.2 Å². The van der Waals surface area contributed by atoms with Crippen molar-refractivity contribution in [1.82, 2.24) is 4.98 Å². The van der Waals surface area contributed by atoms with Gasteiger partial charge in [0.15, 0.2) is 0 Å². The molecule has 0 aliphatic carbocycles. The minimum absolute atomic E-state index is 0.410. The van der Waals surface area contributed by atoms with Crippen LogP contribution < -0.4 is 5.14 Å². The number of aromatic nitrogens is 1. The molecule has 4 nitrogen and oxygen atoms in total. The number of benzene rings is 2. The molecule has 0 amide bonds. The largest absolute Gasteiger partial charge is 0.256 e. The van der Waals surface area contributed by atoms with Crippen molar-refractivity contribution in [3.8, 4) is 22.4 Å². The van der Waals surface area contributed by atoms with Gasteiger partial charge in [0.25, 0.3) is 0 Å². The molecule has 0 saturated heterocycles. The second-order valence-electron chi connectivity index (χ2n) is 5.10. The Morgan fingerprint density at radius 3 is 2.38 bits per heavy atom. The van der Waals surface area contributed by atoms with E-state index in [9.17, 15) is 17.2 Å². The third kappa shape index (κ3) is 3.17. The maximum absolute atomic E-state index is 14.1. The molecule has 0 bridgehead atoms. The molecule has 2 aromatic carbocycles. The van der Waals surface area contributed by atoms with Crippen molar-refractivity contribution in [2.75, 3.05) is 0 Å². The third-order valence-corrected chi connectivity index (χ3v) is 4.40. The molecule has 122 valence electrons. The topological polar surface area (TPSA) is 73.1 Å². The lowest BCUT2D eigenvalue weighted by atomic mass is 9.99. The molecule has 24 heavy (non-hydrogen) atoms. The number of nitrogens with two attached hydrogens (primary N) is 1. The van der Waals surface area contributed by atoms with Crippen molar-refractivity contribution >= 4 is 10.0 Å². The van der Waals surface area contributed by atoms with Crippen molar-refractivity contribution in [3.63, 3.8) is 0 Å². The fourth-order valence-corrected chi connectivity index (χ4v) is 2.99. The van der Waals surface area contributed by atoms with Gasteiger partial charge >= 0.3 is 0 Å². The Morgan fingerprint density at radius 1 is 0.917 bits per heavy atom. The highest BCUT2D eigenvalue weighted by atomic mass is 32.2. The predicted molar refractivity (Wildman–Crippen MR) is 86.4 cm³/mol. The monoisotopic (exact) mass is 346 g/mol. The Morgan fingerprint density at radius 2 is 1.71 bits per heavy atom. The Kier molecular flexibility index (Phi) is 4.13. The van der Waals surface area contributed by atoms with E-state index in [1.165, 1.54) is 18.2 Å². The normalized spacial score (nSPS) is 11.5. The number of rotatable bonds is 3. The molecule has 7 heteroatoms. The summed E-state index contributed by atoms with van der Waals surface area (Å²) >= 11 is 0. The molecule has 0 spiro atoms. The molecule has 1 heterocycles. The van der Waals surface area contributed by atoms with E-state index in [1.807, 2.05) is 0 Å². The summed E-state index contributed by atoms with van der Waals surface area (Å²) < 4.78 is 50.2. The maximum atomic E-state index is 14.1. The molecule has 0 atom stereocenters. The van der Waals surface area contributed by atoms with E-state index in [0.717, 1.165) is 12.1 Å². The SMILES string of the molecule is NS(=O)(=O)c1ccc(-c2cccnc2-c2cccc(F)c2)cc1F. The minimum Gasteiger partial charge on any atom is -0.256 e. The van der Waals surface area contributed by atoms with Crippen molar-refractivity contribution in [2.24, 2.45) is 5.14 Å². The first-order valence-corrected chi connectivity index (χ1v) is 8.44. The average Bonchev–Trinajstić information content (AvgIpc) is 2.53.